The highest BCUT2D eigenvalue weighted by molar-refractivity contribution is 6.02. The number of hydrogen-bond acceptors (Lipinski definition) is 3. The van der Waals surface area contributed by atoms with Crippen molar-refractivity contribution in [3.63, 3.8) is 0 Å². The van der Waals surface area contributed by atoms with Gasteiger partial charge in [-0.1, -0.05) is 18.2 Å². The van der Waals surface area contributed by atoms with Crippen molar-refractivity contribution in [2.45, 2.75) is 18.5 Å². The lowest BCUT2D eigenvalue weighted by atomic mass is 9.92. The van der Waals surface area contributed by atoms with Gasteiger partial charge in [0.25, 0.3) is 11.8 Å². The average Bonchev–Trinajstić information content (AvgIpc) is 2.62. The quantitative estimate of drug-likeness (QED) is 0.840. The lowest BCUT2D eigenvalue weighted by Crippen LogP contribution is -2.62. The van der Waals surface area contributed by atoms with Gasteiger partial charge in [0.05, 0.1) is 5.56 Å². The zero-order chi connectivity index (χ0) is 17.4. The Balaban J connectivity index is 1.49. The number of fused-ring (bicyclic) bond motifs is 1. The molecule has 2 aliphatic rings. The summed E-state index contributed by atoms with van der Waals surface area (Å²) in [5, 5.41) is 6.47. The van der Waals surface area contributed by atoms with Crippen molar-refractivity contribution in [2.75, 3.05) is 18.4 Å². The van der Waals surface area contributed by atoms with Gasteiger partial charge in [-0.3, -0.25) is 9.59 Å². The largest absolute Gasteiger partial charge is 0.362 e. The summed E-state index contributed by atoms with van der Waals surface area (Å²) < 4.78 is 13.3. The van der Waals surface area contributed by atoms with Crippen LogP contribution in [0, 0.1) is 5.82 Å². The molecule has 4 rings (SSSR count). The summed E-state index contributed by atoms with van der Waals surface area (Å²) >= 11 is 0. The molecule has 0 bridgehead atoms. The normalized spacial score (nSPS) is 18.3. The van der Waals surface area contributed by atoms with Gasteiger partial charge in [0.2, 0.25) is 0 Å². The highest BCUT2D eigenvalue weighted by Crippen LogP contribution is 2.31. The first kappa shape index (κ1) is 15.6. The van der Waals surface area contributed by atoms with Crippen LogP contribution in [0.15, 0.2) is 48.5 Å². The van der Waals surface area contributed by atoms with E-state index < -0.39 is 11.5 Å². The Hall–Kier alpha value is -2.89. The molecule has 1 spiro atoms. The Kier molecular flexibility index (Phi) is 3.67. The molecule has 0 aromatic heterocycles. The molecule has 2 heterocycles. The average molecular weight is 339 g/mol. The molecule has 25 heavy (non-hydrogen) atoms. The van der Waals surface area contributed by atoms with E-state index in [1.165, 1.54) is 18.2 Å². The van der Waals surface area contributed by atoms with E-state index >= 15 is 0 Å². The molecule has 0 radical (unpaired) electrons. The van der Waals surface area contributed by atoms with E-state index in [1.807, 2.05) is 18.2 Å². The Morgan fingerprint density at radius 2 is 1.80 bits per heavy atom. The zero-order valence-corrected chi connectivity index (χ0v) is 13.6. The van der Waals surface area contributed by atoms with Gasteiger partial charge in [-0.2, -0.15) is 0 Å². The molecular weight excluding hydrogens is 321 g/mol. The first-order chi connectivity index (χ1) is 12.1. The fourth-order valence-electron chi connectivity index (χ4n) is 3.51. The third-order valence-electron chi connectivity index (χ3n) is 4.87. The van der Waals surface area contributed by atoms with Crippen LogP contribution in [0.3, 0.4) is 0 Å². The first-order valence-electron chi connectivity index (χ1n) is 8.31. The first-order valence-corrected chi connectivity index (χ1v) is 8.31. The maximum Gasteiger partial charge on any atom is 0.255 e. The Labute approximate surface area is 144 Å². The number of para-hydroxylation sites is 1. The molecule has 0 unspecified atom stereocenters. The van der Waals surface area contributed by atoms with E-state index in [0.717, 1.165) is 5.69 Å². The summed E-state index contributed by atoms with van der Waals surface area (Å²) in [6, 6.07) is 13.1. The molecule has 6 heteroatoms. The summed E-state index contributed by atoms with van der Waals surface area (Å²) in [6.07, 6.45) is 1.18. The summed E-state index contributed by atoms with van der Waals surface area (Å²) in [5.41, 5.74) is 1.26. The van der Waals surface area contributed by atoms with Crippen molar-refractivity contribution < 1.29 is 14.0 Å². The Morgan fingerprint density at radius 3 is 2.56 bits per heavy atom. The van der Waals surface area contributed by atoms with E-state index in [9.17, 15) is 14.0 Å². The predicted molar refractivity (Wildman–Crippen MR) is 91.8 cm³/mol. The Bertz CT molecular complexity index is 844. The minimum Gasteiger partial charge on any atom is -0.362 e. The molecule has 1 saturated heterocycles. The van der Waals surface area contributed by atoms with Crippen LogP contribution in [0.2, 0.25) is 0 Å². The maximum absolute atomic E-state index is 13.3. The minimum absolute atomic E-state index is 0.0979. The number of carbonyl (C=O) groups excluding carboxylic acids is 2. The topological polar surface area (TPSA) is 61.4 Å². The van der Waals surface area contributed by atoms with Gasteiger partial charge in [0.1, 0.15) is 11.5 Å². The second kappa shape index (κ2) is 5.88. The van der Waals surface area contributed by atoms with Crippen LogP contribution in [0.25, 0.3) is 0 Å². The van der Waals surface area contributed by atoms with Crippen LogP contribution in [-0.2, 0) is 0 Å². The number of hydrogen-bond donors (Lipinski definition) is 2. The van der Waals surface area contributed by atoms with Crippen molar-refractivity contribution in [3.8, 4) is 0 Å². The molecule has 0 aliphatic carbocycles. The van der Waals surface area contributed by atoms with Crippen LogP contribution >= 0.6 is 0 Å². The van der Waals surface area contributed by atoms with Crippen molar-refractivity contribution in [3.05, 3.63) is 65.5 Å². The highest BCUT2D eigenvalue weighted by Gasteiger charge is 2.40. The molecule has 2 amide bonds. The highest BCUT2D eigenvalue weighted by atomic mass is 19.1. The predicted octanol–water partition coefficient (Wildman–Crippen LogP) is 2.61. The van der Waals surface area contributed by atoms with Gasteiger partial charge < -0.3 is 15.5 Å². The Morgan fingerprint density at radius 1 is 1.04 bits per heavy atom. The van der Waals surface area contributed by atoms with E-state index in [-0.39, 0.29) is 11.8 Å². The number of nitrogens with one attached hydrogen (secondary N) is 2. The molecule has 5 nitrogen and oxygen atoms in total. The van der Waals surface area contributed by atoms with Crippen molar-refractivity contribution in [1.82, 2.24) is 10.2 Å². The fraction of sp³-hybridized carbons (Fsp3) is 0.263. The number of piperidine rings is 1. The second-order valence-corrected chi connectivity index (χ2v) is 6.51. The summed E-state index contributed by atoms with van der Waals surface area (Å²) in [6.45, 7) is 0.982. The number of nitrogens with zero attached hydrogens (tertiary/aromatic N) is 1. The minimum atomic E-state index is -0.538. The van der Waals surface area contributed by atoms with Crippen LogP contribution < -0.4 is 10.6 Å². The van der Waals surface area contributed by atoms with E-state index in [4.69, 9.17) is 0 Å². The third-order valence-corrected chi connectivity index (χ3v) is 4.87. The number of halogens is 1. The summed E-state index contributed by atoms with van der Waals surface area (Å²) in [4.78, 5) is 26.6. The standard InChI is InChI=1S/C19H18FN3O2/c20-14-5-3-4-13(12-14)18(25)23-10-8-19(9-11-23)21-16-7-2-1-6-15(16)17(24)22-19/h1-7,12,21H,8-11H2,(H,22,24). The van der Waals surface area contributed by atoms with Crippen molar-refractivity contribution in [2.24, 2.45) is 0 Å². The maximum atomic E-state index is 13.3. The fourth-order valence-corrected chi connectivity index (χ4v) is 3.51. The molecule has 128 valence electrons. The van der Waals surface area contributed by atoms with Gasteiger partial charge in [-0.15, -0.1) is 0 Å². The van der Waals surface area contributed by atoms with Crippen LogP contribution in [0.1, 0.15) is 33.6 Å². The summed E-state index contributed by atoms with van der Waals surface area (Å²) in [7, 11) is 0. The molecule has 2 aliphatic heterocycles. The number of benzene rings is 2. The number of anilines is 1. The van der Waals surface area contributed by atoms with Gasteiger partial charge in [-0.25, -0.2) is 4.39 Å². The molecule has 0 atom stereocenters. The lowest BCUT2D eigenvalue weighted by molar-refractivity contribution is 0.0639. The molecule has 0 saturated carbocycles. The van der Waals surface area contributed by atoms with Gasteiger partial charge in [-0.05, 0) is 30.3 Å². The second-order valence-electron chi connectivity index (χ2n) is 6.51. The van der Waals surface area contributed by atoms with Crippen LogP contribution in [0.5, 0.6) is 0 Å². The number of amides is 2. The van der Waals surface area contributed by atoms with E-state index in [1.54, 1.807) is 17.0 Å². The number of carbonyl (C=O) groups is 2. The number of likely N-dealkylation sites (tertiary alicyclic amines) is 1. The van der Waals surface area contributed by atoms with Crippen molar-refractivity contribution in [1.29, 1.82) is 0 Å². The molecule has 2 aromatic carbocycles. The van der Waals surface area contributed by atoms with Crippen LogP contribution in [-0.4, -0.2) is 35.5 Å². The molecule has 2 N–H and O–H groups in total. The van der Waals surface area contributed by atoms with Gasteiger partial charge in [0.15, 0.2) is 0 Å². The molecule has 1 fully saturated rings. The lowest BCUT2D eigenvalue weighted by Gasteiger charge is -2.45. The SMILES string of the molecule is O=C1NC2(CCN(C(=O)c3cccc(F)c3)CC2)Nc2ccccc21. The van der Waals surface area contributed by atoms with E-state index in [0.29, 0.717) is 37.1 Å². The molecule has 2 aromatic rings. The van der Waals surface area contributed by atoms with Crippen molar-refractivity contribution >= 4 is 17.5 Å². The monoisotopic (exact) mass is 339 g/mol. The zero-order valence-electron chi connectivity index (χ0n) is 13.6. The smallest absolute Gasteiger partial charge is 0.255 e. The molecular formula is C19H18FN3O2. The van der Waals surface area contributed by atoms with Gasteiger partial charge >= 0.3 is 0 Å². The third kappa shape index (κ3) is 2.84. The summed E-state index contributed by atoms with van der Waals surface area (Å²) in [5.74, 6) is -0.701. The number of rotatable bonds is 1. The van der Waals surface area contributed by atoms with Crippen LogP contribution in [0.4, 0.5) is 10.1 Å². The van der Waals surface area contributed by atoms with E-state index in [2.05, 4.69) is 10.6 Å². The van der Waals surface area contributed by atoms with Gasteiger partial charge in [0, 0.05) is 37.2 Å².